The summed E-state index contributed by atoms with van der Waals surface area (Å²) in [5.74, 6) is 0.633. The maximum absolute atomic E-state index is 5.62. The first-order chi connectivity index (χ1) is 6.34. The van der Waals surface area contributed by atoms with Gasteiger partial charge in [-0.1, -0.05) is 0 Å². The van der Waals surface area contributed by atoms with E-state index >= 15 is 0 Å². The van der Waals surface area contributed by atoms with Gasteiger partial charge in [-0.2, -0.15) is 0 Å². The summed E-state index contributed by atoms with van der Waals surface area (Å²) in [5.41, 5.74) is 0.892. The molecule has 1 aliphatic rings. The van der Waals surface area contributed by atoms with Crippen molar-refractivity contribution < 1.29 is 4.74 Å². The highest BCUT2D eigenvalue weighted by atomic mass is 35.5. The van der Waals surface area contributed by atoms with Crippen LogP contribution in [0.5, 0.6) is 5.88 Å². The van der Waals surface area contributed by atoms with Gasteiger partial charge in [-0.25, -0.2) is 4.98 Å². The van der Waals surface area contributed by atoms with Crippen LogP contribution in [0.15, 0.2) is 12.4 Å². The van der Waals surface area contributed by atoms with Crippen molar-refractivity contribution in [2.45, 2.75) is 19.4 Å². The summed E-state index contributed by atoms with van der Waals surface area (Å²) in [6.07, 6.45) is 4.69. The predicted molar refractivity (Wildman–Crippen MR) is 63.2 cm³/mol. The van der Waals surface area contributed by atoms with Crippen molar-refractivity contribution >= 4 is 24.8 Å². The van der Waals surface area contributed by atoms with Gasteiger partial charge in [0, 0.05) is 12.7 Å². The molecule has 0 spiro atoms. The van der Waals surface area contributed by atoms with Gasteiger partial charge in [0.1, 0.15) is 6.10 Å². The molecule has 1 aromatic rings. The summed E-state index contributed by atoms with van der Waals surface area (Å²) in [4.78, 5) is 8.24. The average molecular weight is 252 g/mol. The minimum Gasteiger partial charge on any atom is -0.472 e. The van der Waals surface area contributed by atoms with Gasteiger partial charge in [-0.3, -0.25) is 4.98 Å². The third kappa shape index (κ3) is 4.20. The number of ether oxygens (including phenoxy) is 1. The van der Waals surface area contributed by atoms with Gasteiger partial charge in [0.05, 0.1) is 11.9 Å². The predicted octanol–water partition coefficient (Wildman–Crippen LogP) is 1.37. The van der Waals surface area contributed by atoms with E-state index in [9.17, 15) is 0 Å². The molecule has 1 aliphatic heterocycles. The van der Waals surface area contributed by atoms with Gasteiger partial charge >= 0.3 is 0 Å². The summed E-state index contributed by atoms with van der Waals surface area (Å²) in [6, 6.07) is 0. The van der Waals surface area contributed by atoms with E-state index in [2.05, 4.69) is 15.3 Å². The monoisotopic (exact) mass is 251 g/mol. The Balaban J connectivity index is 0.000000980. The smallest absolute Gasteiger partial charge is 0.232 e. The second-order valence-corrected chi connectivity index (χ2v) is 3.23. The Morgan fingerprint density at radius 3 is 2.80 bits per heavy atom. The minimum atomic E-state index is 0. The first-order valence-corrected chi connectivity index (χ1v) is 4.50. The van der Waals surface area contributed by atoms with E-state index in [1.165, 1.54) is 0 Å². The molecule has 4 nitrogen and oxygen atoms in total. The molecule has 0 saturated carbocycles. The lowest BCUT2D eigenvalue weighted by molar-refractivity contribution is 0.212. The van der Waals surface area contributed by atoms with Crippen molar-refractivity contribution in [1.82, 2.24) is 15.3 Å². The molecular weight excluding hydrogens is 237 g/mol. The first kappa shape index (κ1) is 14.4. The molecule has 1 N–H and O–H groups in total. The molecule has 1 aromatic heterocycles. The lowest BCUT2D eigenvalue weighted by atomic mass is 10.3. The molecule has 86 valence electrons. The molecule has 15 heavy (non-hydrogen) atoms. The number of nitrogens with zero attached hydrogens (tertiary/aromatic N) is 2. The van der Waals surface area contributed by atoms with Crippen LogP contribution in [0.1, 0.15) is 12.1 Å². The molecule has 0 bridgehead atoms. The summed E-state index contributed by atoms with van der Waals surface area (Å²) >= 11 is 0. The summed E-state index contributed by atoms with van der Waals surface area (Å²) in [6.45, 7) is 3.85. The Kier molecular flexibility index (Phi) is 6.56. The highest BCUT2D eigenvalue weighted by Crippen LogP contribution is 2.10. The molecule has 1 fully saturated rings. The molecule has 0 aliphatic carbocycles. The summed E-state index contributed by atoms with van der Waals surface area (Å²) in [5, 5.41) is 3.23. The molecule has 0 radical (unpaired) electrons. The Hall–Kier alpha value is -0.580. The number of halogens is 2. The second kappa shape index (κ2) is 6.82. The van der Waals surface area contributed by atoms with E-state index in [-0.39, 0.29) is 30.9 Å². The van der Waals surface area contributed by atoms with Crippen molar-refractivity contribution in [3.8, 4) is 5.88 Å². The van der Waals surface area contributed by atoms with Gasteiger partial charge in [-0.05, 0) is 19.9 Å². The fraction of sp³-hybridized carbons (Fsp3) is 0.556. The van der Waals surface area contributed by atoms with Crippen LogP contribution in [0.4, 0.5) is 0 Å². The van der Waals surface area contributed by atoms with E-state index in [0.29, 0.717) is 5.88 Å². The maximum atomic E-state index is 5.62. The zero-order valence-electron chi connectivity index (χ0n) is 8.47. The van der Waals surface area contributed by atoms with Crippen LogP contribution in [-0.4, -0.2) is 29.2 Å². The molecule has 2 rings (SSSR count). The van der Waals surface area contributed by atoms with Gasteiger partial charge in [-0.15, -0.1) is 24.8 Å². The third-order valence-electron chi connectivity index (χ3n) is 2.04. The van der Waals surface area contributed by atoms with E-state index in [1.807, 2.05) is 6.92 Å². The molecule has 1 atom stereocenters. The number of aryl methyl sites for hydroxylation is 1. The topological polar surface area (TPSA) is 47.0 Å². The molecule has 0 aromatic carbocycles. The zero-order chi connectivity index (χ0) is 9.10. The van der Waals surface area contributed by atoms with Crippen LogP contribution in [0.3, 0.4) is 0 Å². The van der Waals surface area contributed by atoms with Gasteiger partial charge in [0.2, 0.25) is 5.88 Å². The largest absolute Gasteiger partial charge is 0.472 e. The molecule has 1 unspecified atom stereocenters. The second-order valence-electron chi connectivity index (χ2n) is 3.23. The first-order valence-electron chi connectivity index (χ1n) is 4.50. The molecule has 0 amide bonds. The summed E-state index contributed by atoms with van der Waals surface area (Å²) in [7, 11) is 0. The Morgan fingerprint density at radius 2 is 2.20 bits per heavy atom. The van der Waals surface area contributed by atoms with Gasteiger partial charge in [0.15, 0.2) is 0 Å². The quantitative estimate of drug-likeness (QED) is 0.863. The van der Waals surface area contributed by atoms with E-state index in [1.54, 1.807) is 12.4 Å². The van der Waals surface area contributed by atoms with Crippen molar-refractivity contribution in [3.05, 3.63) is 18.1 Å². The van der Waals surface area contributed by atoms with Crippen molar-refractivity contribution in [2.24, 2.45) is 0 Å². The van der Waals surface area contributed by atoms with E-state index in [4.69, 9.17) is 4.74 Å². The Labute approximate surface area is 102 Å². The molecule has 2 heterocycles. The normalized spacial score (nSPS) is 18.9. The molecular formula is C9H15Cl2N3O. The third-order valence-corrected chi connectivity index (χ3v) is 2.04. The van der Waals surface area contributed by atoms with Crippen LogP contribution < -0.4 is 10.1 Å². The van der Waals surface area contributed by atoms with Gasteiger partial charge < -0.3 is 10.1 Å². The highest BCUT2D eigenvalue weighted by molar-refractivity contribution is 5.85. The van der Waals surface area contributed by atoms with Crippen LogP contribution >= 0.6 is 24.8 Å². The fourth-order valence-corrected chi connectivity index (χ4v) is 1.40. The average Bonchev–Trinajstić information content (AvgIpc) is 2.57. The number of hydrogen-bond acceptors (Lipinski definition) is 4. The van der Waals surface area contributed by atoms with Crippen molar-refractivity contribution in [2.75, 3.05) is 13.1 Å². The van der Waals surface area contributed by atoms with Crippen molar-refractivity contribution in [3.63, 3.8) is 0 Å². The number of aromatic nitrogens is 2. The molecule has 6 heteroatoms. The van der Waals surface area contributed by atoms with Crippen LogP contribution in [0, 0.1) is 6.92 Å². The number of hydrogen-bond donors (Lipinski definition) is 1. The zero-order valence-corrected chi connectivity index (χ0v) is 10.1. The standard InChI is InChI=1S/C9H13N3O.2ClH/c1-7-4-11-6-9(12-7)13-8-2-3-10-5-8;;/h4,6,8,10H,2-3,5H2,1H3;2*1H. The van der Waals surface area contributed by atoms with Crippen LogP contribution in [0.25, 0.3) is 0 Å². The highest BCUT2D eigenvalue weighted by Gasteiger charge is 2.16. The van der Waals surface area contributed by atoms with Crippen molar-refractivity contribution in [1.29, 1.82) is 0 Å². The van der Waals surface area contributed by atoms with Crippen LogP contribution in [-0.2, 0) is 0 Å². The SMILES string of the molecule is Cc1cncc(OC2CCNC2)n1.Cl.Cl. The van der Waals surface area contributed by atoms with E-state index < -0.39 is 0 Å². The van der Waals surface area contributed by atoms with Crippen LogP contribution in [0.2, 0.25) is 0 Å². The summed E-state index contributed by atoms with van der Waals surface area (Å²) < 4.78 is 5.62. The fourth-order valence-electron chi connectivity index (χ4n) is 1.40. The lowest BCUT2D eigenvalue weighted by Gasteiger charge is -2.10. The number of rotatable bonds is 2. The molecule has 1 saturated heterocycles. The Bertz CT molecular complexity index is 292. The lowest BCUT2D eigenvalue weighted by Crippen LogP contribution is -2.20. The van der Waals surface area contributed by atoms with Gasteiger partial charge in [0.25, 0.3) is 0 Å². The Morgan fingerprint density at radius 1 is 1.40 bits per heavy atom. The van der Waals surface area contributed by atoms with E-state index in [0.717, 1.165) is 25.2 Å². The number of nitrogens with one attached hydrogen (secondary N) is 1. The maximum Gasteiger partial charge on any atom is 0.232 e. The minimum absolute atomic E-state index is 0.